The first-order valence-electron chi connectivity index (χ1n) is 8.40. The van der Waals surface area contributed by atoms with Crippen LogP contribution in [-0.4, -0.2) is 35.5 Å². The van der Waals surface area contributed by atoms with Crippen LogP contribution in [0.15, 0.2) is 42.5 Å². The van der Waals surface area contributed by atoms with E-state index in [1.165, 1.54) is 18.1 Å². The first-order chi connectivity index (χ1) is 12.8. The van der Waals surface area contributed by atoms with Gasteiger partial charge in [0.25, 0.3) is 0 Å². The van der Waals surface area contributed by atoms with E-state index in [1.54, 1.807) is 31.2 Å². The molecule has 0 spiro atoms. The molecule has 0 aliphatic heterocycles. The van der Waals surface area contributed by atoms with Gasteiger partial charge in [0.2, 0.25) is 5.91 Å². The van der Waals surface area contributed by atoms with Gasteiger partial charge in [-0.3, -0.25) is 9.59 Å². The number of carbonyl (C=O) groups is 2. The molecular weight excluding hydrogens is 356 g/mol. The third-order valence-electron chi connectivity index (χ3n) is 4.23. The lowest BCUT2D eigenvalue weighted by molar-refractivity contribution is -0.139. The predicted molar refractivity (Wildman–Crippen MR) is 95.4 cm³/mol. The number of rotatable bonds is 8. The van der Waals surface area contributed by atoms with E-state index in [0.717, 1.165) is 12.1 Å². The first kappa shape index (κ1) is 20.4. The van der Waals surface area contributed by atoms with E-state index in [-0.39, 0.29) is 25.4 Å². The van der Waals surface area contributed by atoms with Crippen molar-refractivity contribution in [3.8, 4) is 5.75 Å². The molecule has 144 valence electrons. The molecule has 7 heteroatoms. The summed E-state index contributed by atoms with van der Waals surface area (Å²) in [5.74, 6) is -3.31. The monoisotopic (exact) mass is 377 g/mol. The van der Waals surface area contributed by atoms with Crippen LogP contribution >= 0.6 is 0 Å². The van der Waals surface area contributed by atoms with Gasteiger partial charge in [-0.25, -0.2) is 8.78 Å². The zero-order valence-electron chi connectivity index (χ0n) is 15.1. The van der Waals surface area contributed by atoms with Gasteiger partial charge in [-0.15, -0.1) is 0 Å². The molecule has 0 aliphatic carbocycles. The number of methoxy groups -OCH3 is 1. The molecule has 1 atom stereocenters. The summed E-state index contributed by atoms with van der Waals surface area (Å²) < 4.78 is 31.8. The molecule has 0 bridgehead atoms. The molecule has 0 saturated heterocycles. The summed E-state index contributed by atoms with van der Waals surface area (Å²) in [5.41, 5.74) is 1.09. The summed E-state index contributed by atoms with van der Waals surface area (Å²) in [6.07, 6.45) is -0.250. The van der Waals surface area contributed by atoms with Crippen LogP contribution in [0.5, 0.6) is 5.75 Å². The largest absolute Gasteiger partial charge is 0.497 e. The van der Waals surface area contributed by atoms with Crippen molar-refractivity contribution in [2.24, 2.45) is 0 Å². The zero-order valence-corrected chi connectivity index (χ0v) is 15.1. The number of amides is 1. The van der Waals surface area contributed by atoms with Crippen LogP contribution in [0, 0.1) is 11.6 Å². The molecule has 2 aromatic carbocycles. The van der Waals surface area contributed by atoms with Crippen molar-refractivity contribution in [1.29, 1.82) is 0 Å². The second kappa shape index (κ2) is 9.12. The Bertz CT molecular complexity index is 825. The Morgan fingerprint density at radius 3 is 2.52 bits per heavy atom. The van der Waals surface area contributed by atoms with E-state index < -0.39 is 23.5 Å². The van der Waals surface area contributed by atoms with Gasteiger partial charge in [0.1, 0.15) is 5.75 Å². The van der Waals surface area contributed by atoms with Gasteiger partial charge in [-0.1, -0.05) is 18.2 Å². The average molecular weight is 377 g/mol. The Hall–Kier alpha value is -2.96. The molecule has 2 rings (SSSR count). The van der Waals surface area contributed by atoms with Gasteiger partial charge in [0, 0.05) is 13.1 Å². The standard InChI is InChI=1S/C20H21F2NO4/c1-13(15-4-3-5-16(11-15)27-2)20(26)23(9-8-19(24)25)12-14-6-7-17(21)18(22)10-14/h3-7,10-11,13H,8-9,12H2,1-2H3,(H,24,25). The Kier molecular flexibility index (Phi) is 6.87. The SMILES string of the molecule is COc1cccc(C(C)C(=O)N(CCC(=O)O)Cc2ccc(F)c(F)c2)c1. The Balaban J connectivity index is 2.23. The average Bonchev–Trinajstić information content (AvgIpc) is 2.66. The number of nitrogens with zero attached hydrogens (tertiary/aromatic N) is 1. The molecule has 0 heterocycles. The van der Waals surface area contributed by atoms with E-state index in [4.69, 9.17) is 9.84 Å². The van der Waals surface area contributed by atoms with Gasteiger partial charge in [0.15, 0.2) is 11.6 Å². The minimum Gasteiger partial charge on any atom is -0.497 e. The fraction of sp³-hybridized carbons (Fsp3) is 0.300. The highest BCUT2D eigenvalue weighted by molar-refractivity contribution is 5.84. The van der Waals surface area contributed by atoms with Gasteiger partial charge in [0.05, 0.1) is 19.4 Å². The summed E-state index contributed by atoms with van der Waals surface area (Å²) in [6, 6.07) is 10.4. The second-order valence-corrected chi connectivity index (χ2v) is 6.15. The maximum atomic E-state index is 13.5. The number of benzene rings is 2. The molecule has 1 unspecified atom stereocenters. The maximum absolute atomic E-state index is 13.5. The molecular formula is C20H21F2NO4. The Labute approximate surface area is 156 Å². The molecule has 0 radical (unpaired) electrons. The molecule has 27 heavy (non-hydrogen) atoms. The van der Waals surface area contributed by atoms with E-state index in [2.05, 4.69) is 0 Å². The van der Waals surface area contributed by atoms with Crippen LogP contribution in [0.1, 0.15) is 30.4 Å². The van der Waals surface area contributed by atoms with Crippen LogP contribution in [0.25, 0.3) is 0 Å². The van der Waals surface area contributed by atoms with Gasteiger partial charge < -0.3 is 14.7 Å². The zero-order chi connectivity index (χ0) is 20.0. The number of carboxylic acid groups (broad SMARTS) is 1. The Morgan fingerprint density at radius 1 is 1.15 bits per heavy atom. The quantitative estimate of drug-likeness (QED) is 0.764. The van der Waals surface area contributed by atoms with Crippen molar-refractivity contribution in [1.82, 2.24) is 4.90 Å². The lowest BCUT2D eigenvalue weighted by Crippen LogP contribution is -2.35. The molecule has 0 aromatic heterocycles. The second-order valence-electron chi connectivity index (χ2n) is 6.15. The highest BCUT2D eigenvalue weighted by Gasteiger charge is 2.23. The molecule has 1 amide bonds. The number of aliphatic carboxylic acids is 1. The molecule has 2 aromatic rings. The fourth-order valence-electron chi connectivity index (χ4n) is 2.68. The third-order valence-corrected chi connectivity index (χ3v) is 4.23. The molecule has 5 nitrogen and oxygen atoms in total. The van der Waals surface area contributed by atoms with Crippen molar-refractivity contribution in [2.75, 3.05) is 13.7 Å². The lowest BCUT2D eigenvalue weighted by atomic mass is 9.99. The molecule has 0 fully saturated rings. The normalized spacial score (nSPS) is 11.7. The van der Waals surface area contributed by atoms with E-state index in [1.807, 2.05) is 0 Å². The summed E-state index contributed by atoms with van der Waals surface area (Å²) in [7, 11) is 1.52. The van der Waals surface area contributed by atoms with Crippen LogP contribution < -0.4 is 4.74 Å². The summed E-state index contributed by atoms with van der Waals surface area (Å²) in [5, 5.41) is 8.95. The highest BCUT2D eigenvalue weighted by atomic mass is 19.2. The summed E-state index contributed by atoms with van der Waals surface area (Å²) in [4.78, 5) is 25.2. The lowest BCUT2D eigenvalue weighted by Gasteiger charge is -2.26. The van der Waals surface area contributed by atoms with Crippen molar-refractivity contribution in [3.63, 3.8) is 0 Å². The fourth-order valence-corrected chi connectivity index (χ4v) is 2.68. The molecule has 1 N–H and O–H groups in total. The highest BCUT2D eigenvalue weighted by Crippen LogP contribution is 2.23. The van der Waals surface area contributed by atoms with Crippen molar-refractivity contribution < 1.29 is 28.2 Å². The Morgan fingerprint density at radius 2 is 1.89 bits per heavy atom. The number of carboxylic acids is 1. The van der Waals surface area contributed by atoms with Crippen LogP contribution in [0.3, 0.4) is 0 Å². The minimum absolute atomic E-state index is 0.0162. The molecule has 0 saturated carbocycles. The van der Waals surface area contributed by atoms with Gasteiger partial charge in [-0.2, -0.15) is 0 Å². The number of halogens is 2. The van der Waals surface area contributed by atoms with Crippen LogP contribution in [-0.2, 0) is 16.1 Å². The van der Waals surface area contributed by atoms with E-state index in [9.17, 15) is 18.4 Å². The van der Waals surface area contributed by atoms with E-state index >= 15 is 0 Å². The van der Waals surface area contributed by atoms with Crippen molar-refractivity contribution in [2.45, 2.75) is 25.8 Å². The van der Waals surface area contributed by atoms with Gasteiger partial charge in [-0.05, 0) is 42.3 Å². The third kappa shape index (κ3) is 5.51. The first-order valence-corrected chi connectivity index (χ1v) is 8.40. The predicted octanol–water partition coefficient (Wildman–Crippen LogP) is 3.58. The minimum atomic E-state index is -1.05. The summed E-state index contributed by atoms with van der Waals surface area (Å²) in [6.45, 7) is 1.65. The number of carbonyl (C=O) groups excluding carboxylic acids is 1. The van der Waals surface area contributed by atoms with Crippen molar-refractivity contribution >= 4 is 11.9 Å². The smallest absolute Gasteiger partial charge is 0.305 e. The maximum Gasteiger partial charge on any atom is 0.305 e. The number of hydrogen-bond acceptors (Lipinski definition) is 3. The summed E-state index contributed by atoms with van der Waals surface area (Å²) >= 11 is 0. The van der Waals surface area contributed by atoms with Crippen LogP contribution in [0.2, 0.25) is 0 Å². The van der Waals surface area contributed by atoms with Crippen molar-refractivity contribution in [3.05, 3.63) is 65.2 Å². The number of ether oxygens (including phenoxy) is 1. The van der Waals surface area contributed by atoms with Gasteiger partial charge >= 0.3 is 5.97 Å². The number of hydrogen-bond donors (Lipinski definition) is 1. The van der Waals surface area contributed by atoms with E-state index in [0.29, 0.717) is 16.9 Å². The molecule has 0 aliphatic rings. The van der Waals surface area contributed by atoms with Crippen LogP contribution in [0.4, 0.5) is 8.78 Å². The topological polar surface area (TPSA) is 66.8 Å².